The fourth-order valence-corrected chi connectivity index (χ4v) is 3.87. The molecule has 2 aromatic heterocycles. The number of phenols is 1. The zero-order valence-electron chi connectivity index (χ0n) is 16.5. The molecule has 7 heteroatoms. The number of furan rings is 1. The molecule has 0 bridgehead atoms. The molecule has 4 rings (SSSR count). The second kappa shape index (κ2) is 8.69. The molecule has 0 aliphatic heterocycles. The number of aromatic nitrogens is 1. The number of benzene rings is 2. The Balaban J connectivity index is 1.77. The number of hydrogen-bond acceptors (Lipinski definition) is 6. The smallest absolute Gasteiger partial charge is 0.292 e. The van der Waals surface area contributed by atoms with Crippen molar-refractivity contribution in [3.8, 4) is 23.1 Å². The van der Waals surface area contributed by atoms with E-state index in [1.165, 1.54) is 17.6 Å². The molecule has 2 N–H and O–H groups in total. The summed E-state index contributed by atoms with van der Waals surface area (Å²) >= 11 is 1.20. The second-order valence-corrected chi connectivity index (χ2v) is 7.76. The van der Waals surface area contributed by atoms with Gasteiger partial charge in [0, 0.05) is 5.56 Å². The number of anilines is 1. The number of rotatable bonds is 5. The van der Waals surface area contributed by atoms with Crippen LogP contribution in [0, 0.1) is 18.3 Å². The number of allylic oxidation sites excluding steroid dienone is 1. The van der Waals surface area contributed by atoms with Crippen molar-refractivity contribution in [3.05, 3.63) is 88.8 Å². The number of hydrogen-bond donors (Lipinski definition) is 2. The van der Waals surface area contributed by atoms with Gasteiger partial charge in [0.2, 0.25) is 0 Å². The Hall–Kier alpha value is -4.15. The van der Waals surface area contributed by atoms with Crippen molar-refractivity contribution in [1.82, 2.24) is 4.98 Å². The summed E-state index contributed by atoms with van der Waals surface area (Å²) in [6.45, 7) is 1.99. The Morgan fingerprint density at radius 3 is 2.68 bits per heavy atom. The normalized spacial score (nSPS) is 11.2. The molecule has 4 aromatic rings. The van der Waals surface area contributed by atoms with Crippen LogP contribution in [0.4, 0.5) is 5.00 Å². The van der Waals surface area contributed by atoms with Gasteiger partial charge < -0.3 is 14.8 Å². The van der Waals surface area contributed by atoms with Crippen LogP contribution < -0.4 is 5.32 Å². The molecule has 0 saturated heterocycles. The van der Waals surface area contributed by atoms with E-state index in [-0.39, 0.29) is 11.5 Å². The summed E-state index contributed by atoms with van der Waals surface area (Å²) in [4.78, 5) is 17.2. The minimum absolute atomic E-state index is 0.108. The Bertz CT molecular complexity index is 1300. The van der Waals surface area contributed by atoms with Gasteiger partial charge in [-0.1, -0.05) is 53.3 Å². The number of carbonyl (C=O) groups excluding carboxylic acids is 1. The first-order valence-corrected chi connectivity index (χ1v) is 10.2. The van der Waals surface area contributed by atoms with Crippen molar-refractivity contribution in [1.29, 1.82) is 5.26 Å². The van der Waals surface area contributed by atoms with E-state index in [1.807, 2.05) is 31.2 Å². The minimum Gasteiger partial charge on any atom is -0.508 e. The Morgan fingerprint density at radius 1 is 1.19 bits per heavy atom. The number of carbonyl (C=O) groups is 1. The van der Waals surface area contributed by atoms with Crippen LogP contribution in [0.5, 0.6) is 5.75 Å². The highest BCUT2D eigenvalue weighted by molar-refractivity contribution is 7.17. The van der Waals surface area contributed by atoms with Gasteiger partial charge in [0.25, 0.3) is 5.91 Å². The van der Waals surface area contributed by atoms with Gasteiger partial charge in [-0.3, -0.25) is 4.79 Å². The number of phenolic OH excluding ortho intramolecular Hbond substituents is 1. The second-order valence-electron chi connectivity index (χ2n) is 6.76. The quantitative estimate of drug-likeness (QED) is 0.396. The van der Waals surface area contributed by atoms with E-state index in [4.69, 9.17) is 4.42 Å². The predicted molar refractivity (Wildman–Crippen MR) is 121 cm³/mol. The van der Waals surface area contributed by atoms with Crippen LogP contribution in [-0.2, 0) is 0 Å². The van der Waals surface area contributed by atoms with Crippen LogP contribution in [0.3, 0.4) is 0 Å². The Labute approximate surface area is 182 Å². The fraction of sp³-hybridized carbons (Fsp3) is 0.0417. The molecule has 0 spiro atoms. The summed E-state index contributed by atoms with van der Waals surface area (Å²) in [7, 11) is 0. The van der Waals surface area contributed by atoms with E-state index in [1.54, 1.807) is 42.5 Å². The van der Waals surface area contributed by atoms with Gasteiger partial charge in [-0.15, -0.1) is 0 Å². The monoisotopic (exact) mass is 427 g/mol. The summed E-state index contributed by atoms with van der Waals surface area (Å²) in [5.74, 6) is -0.110. The van der Waals surface area contributed by atoms with E-state index < -0.39 is 5.91 Å². The van der Waals surface area contributed by atoms with Gasteiger partial charge in [0.05, 0.1) is 11.8 Å². The van der Waals surface area contributed by atoms with Crippen LogP contribution >= 0.6 is 11.3 Å². The molecular weight excluding hydrogens is 410 g/mol. The summed E-state index contributed by atoms with van der Waals surface area (Å²) in [6.07, 6.45) is 3.08. The molecule has 2 aromatic carbocycles. The molecular formula is C24H17N3O3S. The summed E-state index contributed by atoms with van der Waals surface area (Å²) in [6, 6.07) is 19.7. The van der Waals surface area contributed by atoms with Gasteiger partial charge in [-0.25, -0.2) is 4.98 Å². The molecule has 0 aliphatic carbocycles. The lowest BCUT2D eigenvalue weighted by molar-refractivity contribution is 0.0997. The first-order valence-electron chi connectivity index (χ1n) is 9.37. The first-order chi connectivity index (χ1) is 15.0. The number of thiazole rings is 1. The van der Waals surface area contributed by atoms with Crippen molar-refractivity contribution >= 4 is 33.9 Å². The van der Waals surface area contributed by atoms with Crippen LogP contribution in [0.25, 0.3) is 22.9 Å². The van der Waals surface area contributed by atoms with Crippen molar-refractivity contribution in [3.63, 3.8) is 0 Å². The molecule has 1 amide bonds. The zero-order chi connectivity index (χ0) is 21.8. The molecule has 0 atom stereocenters. The highest BCUT2D eigenvalue weighted by Gasteiger charge is 2.19. The van der Waals surface area contributed by atoms with Crippen molar-refractivity contribution in [2.24, 2.45) is 0 Å². The lowest BCUT2D eigenvalue weighted by atomic mass is 10.1. The topological polar surface area (TPSA) is 99.1 Å². The maximum Gasteiger partial charge on any atom is 0.292 e. The molecule has 0 aliphatic rings. The summed E-state index contributed by atoms with van der Waals surface area (Å²) in [5.41, 5.74) is 3.48. The Kier molecular flexibility index (Phi) is 5.65. The van der Waals surface area contributed by atoms with Crippen molar-refractivity contribution in [2.45, 2.75) is 6.92 Å². The third-order valence-electron chi connectivity index (χ3n) is 4.46. The van der Waals surface area contributed by atoms with Gasteiger partial charge >= 0.3 is 0 Å². The van der Waals surface area contributed by atoms with Gasteiger partial charge in [0.15, 0.2) is 5.76 Å². The van der Waals surface area contributed by atoms with Gasteiger partial charge in [0.1, 0.15) is 27.5 Å². The van der Waals surface area contributed by atoms with E-state index in [0.717, 1.165) is 11.1 Å². The predicted octanol–water partition coefficient (Wildman–Crippen LogP) is 5.73. The fourth-order valence-electron chi connectivity index (χ4n) is 2.92. The molecule has 0 fully saturated rings. The molecule has 0 unspecified atom stereocenters. The van der Waals surface area contributed by atoms with E-state index in [2.05, 4.69) is 16.4 Å². The molecule has 0 radical (unpaired) electrons. The standard InChI is InChI=1S/C24H17N3O3S/c1-15-7-9-17(10-8-15)21-24(27-22(29)20-6-3-11-30-20)31-23(26-21)18(14-25)12-16-4-2-5-19(28)13-16/h2-13,28H,1H3,(H,27,29). The Morgan fingerprint density at radius 2 is 2.00 bits per heavy atom. The number of nitrogens with zero attached hydrogens (tertiary/aromatic N) is 2. The molecule has 6 nitrogen and oxygen atoms in total. The van der Waals surface area contributed by atoms with Gasteiger partial charge in [-0.05, 0) is 42.8 Å². The highest BCUT2D eigenvalue weighted by Crippen LogP contribution is 2.37. The van der Waals surface area contributed by atoms with Crippen LogP contribution in [0.2, 0.25) is 0 Å². The summed E-state index contributed by atoms with van der Waals surface area (Å²) < 4.78 is 5.18. The largest absolute Gasteiger partial charge is 0.508 e. The van der Waals surface area contributed by atoms with E-state index in [0.29, 0.717) is 26.8 Å². The number of aryl methyl sites for hydroxylation is 1. The SMILES string of the molecule is Cc1ccc(-c2nc(C(C#N)=Cc3cccc(O)c3)sc2NC(=O)c2ccco2)cc1. The zero-order valence-corrected chi connectivity index (χ0v) is 17.3. The van der Waals surface area contributed by atoms with E-state index in [9.17, 15) is 15.2 Å². The molecule has 2 heterocycles. The van der Waals surface area contributed by atoms with Crippen molar-refractivity contribution in [2.75, 3.05) is 5.32 Å². The van der Waals surface area contributed by atoms with Crippen molar-refractivity contribution < 1.29 is 14.3 Å². The maximum atomic E-state index is 12.6. The third-order valence-corrected chi connectivity index (χ3v) is 5.46. The lowest BCUT2D eigenvalue weighted by Gasteiger charge is -2.04. The number of aromatic hydroxyl groups is 1. The van der Waals surface area contributed by atoms with Gasteiger partial charge in [-0.2, -0.15) is 5.26 Å². The average molecular weight is 427 g/mol. The number of nitriles is 1. The third kappa shape index (κ3) is 4.55. The maximum absolute atomic E-state index is 12.6. The minimum atomic E-state index is -0.399. The molecule has 0 saturated carbocycles. The molecule has 152 valence electrons. The lowest BCUT2D eigenvalue weighted by Crippen LogP contribution is -2.10. The van der Waals surface area contributed by atoms with Crippen LogP contribution in [-0.4, -0.2) is 16.0 Å². The van der Waals surface area contributed by atoms with Crippen LogP contribution in [0.1, 0.15) is 26.7 Å². The van der Waals surface area contributed by atoms with Crippen LogP contribution in [0.15, 0.2) is 71.3 Å². The summed E-state index contributed by atoms with van der Waals surface area (Å²) in [5, 5.41) is 23.2. The average Bonchev–Trinajstić information content (AvgIpc) is 3.43. The first kappa shape index (κ1) is 20.1. The number of nitrogens with one attached hydrogen (secondary N) is 1. The highest BCUT2D eigenvalue weighted by atomic mass is 32.1. The van der Waals surface area contributed by atoms with E-state index >= 15 is 0 Å². The molecule has 31 heavy (non-hydrogen) atoms. The number of amides is 1.